The van der Waals surface area contributed by atoms with Gasteiger partial charge in [-0.15, -0.1) is 35.0 Å². The van der Waals surface area contributed by atoms with E-state index in [0.29, 0.717) is 28.8 Å². The molecule has 0 unspecified atom stereocenters. The number of halogens is 2. The number of β-amino-alcohol motifs (C(OH)–C–C–N with tert-alkyl or cyclic N) is 1. The zero-order valence-corrected chi connectivity index (χ0v) is 53.7. The summed E-state index contributed by atoms with van der Waals surface area (Å²) in [5.41, 5.74) is 15.0. The molecular formula is C62H81Cl2N11O17S. The number of benzene rings is 4. The summed E-state index contributed by atoms with van der Waals surface area (Å²) in [5, 5.41) is 101. The van der Waals surface area contributed by atoms with Crippen LogP contribution in [0.15, 0.2) is 91.0 Å². The molecule has 28 nitrogen and oxygen atoms in total. The second-order valence-corrected chi connectivity index (χ2v) is 23.8. The van der Waals surface area contributed by atoms with Crippen LogP contribution >= 0.6 is 36.2 Å². The molecule has 0 spiro atoms. The van der Waals surface area contributed by atoms with Crippen molar-refractivity contribution in [1.29, 1.82) is 0 Å². The first kappa shape index (κ1) is 74.4. The van der Waals surface area contributed by atoms with E-state index in [2.05, 4.69) is 36.8 Å². The number of fused-ring (bicyclic) bond motifs is 2. The number of methoxy groups -OCH3 is 1. The van der Waals surface area contributed by atoms with Crippen LogP contribution in [0, 0.1) is 5.92 Å². The van der Waals surface area contributed by atoms with E-state index in [-0.39, 0.29) is 80.1 Å². The Labute approximate surface area is 552 Å². The van der Waals surface area contributed by atoms with Gasteiger partial charge in [0.15, 0.2) is 11.5 Å². The molecule has 3 aliphatic rings. The molecule has 16 N–H and O–H groups in total. The van der Waals surface area contributed by atoms with Crippen molar-refractivity contribution in [1.82, 2.24) is 46.6 Å². The van der Waals surface area contributed by atoms with Crippen molar-refractivity contribution in [3.05, 3.63) is 102 Å². The van der Waals surface area contributed by atoms with Crippen molar-refractivity contribution in [2.24, 2.45) is 17.4 Å². The zero-order valence-electron chi connectivity index (χ0n) is 51.2. The standard InChI is InChI=1S/C62H79N11O17S.2ClH/c1-32-30-73-52(53(32)80)58(85)65-29-40(75)27-43(66-54(81)37-8-12-39(13-9-37)60-71-70-59(91-60)38-10-6-35(7-11-38)36-14-16-42(17-15-36)89-23-4-22-88-3)55(82)67-49(33(2)74)61(86)72-31-41(76)28-44(72)56(83)68-50(57(84)69-51(62(73)87)46(78)19-20-63)47(79)25-34-5-18-45(77)48(26-34)90-24-21-64;;/h5-18,26,32-33,40-41,43-44,46-47,49-53,74-80H,4,19-25,27-31,63-64H2,1-3H3,(H,65,85)(H,66,81)(H,67,82)(H,68,83)(H,69,84);2*1H/t32-,33+,40+,41+,43-,44-,46+,47+,49-,50-,51-,52-,53-;;/m0../s1. The molecule has 4 heterocycles. The van der Waals surface area contributed by atoms with E-state index in [0.717, 1.165) is 45.6 Å². The maximum Gasteiger partial charge on any atom is 0.251 e. The number of aromatic nitrogens is 2. The lowest BCUT2D eigenvalue weighted by atomic mass is 9.98. The van der Waals surface area contributed by atoms with Crippen LogP contribution in [0.5, 0.6) is 17.2 Å². The first-order chi connectivity index (χ1) is 43.6. The zero-order chi connectivity index (χ0) is 65.6. The first-order valence-corrected chi connectivity index (χ1v) is 30.7. The van der Waals surface area contributed by atoms with E-state index >= 15 is 0 Å². The van der Waals surface area contributed by atoms with Gasteiger partial charge < -0.3 is 97.8 Å². The summed E-state index contributed by atoms with van der Waals surface area (Å²) in [6, 6.07) is 14.7. The van der Waals surface area contributed by atoms with Crippen molar-refractivity contribution in [2.75, 3.05) is 59.7 Å². The SMILES string of the molecule is COCCCOc1ccc(-c2ccc(-c3nnc(-c4ccc(C(=O)N[C@H]5C[C@@H](O)CNC(=O)[C@@H]6[C@@H](O)[C@@H](C)CN6C(=O)[C@H]([C@H](O)CCN)NC(=O)[C@H]([C@H](O)Cc6ccc(O)c(OCCN)c6)NC(=O)[C@@H]6C[C@@H](O)CN6C(=O)[C@H]([C@@H](C)O)NC5=O)cc4)s3)cc2)cc1.Cl.Cl. The molecule has 3 saturated heterocycles. The number of hydrogen-bond acceptors (Lipinski definition) is 22. The average Bonchev–Trinajstić information content (AvgIpc) is 1.70. The lowest BCUT2D eigenvalue weighted by Gasteiger charge is -2.34. The normalized spacial score (nSPS) is 24.2. The van der Waals surface area contributed by atoms with Crippen LogP contribution in [0.4, 0.5) is 0 Å². The van der Waals surface area contributed by atoms with E-state index < -0.39 is 152 Å². The Kier molecular flexibility index (Phi) is 27.6. The number of rotatable bonds is 20. The Morgan fingerprint density at radius 2 is 1.29 bits per heavy atom. The predicted molar refractivity (Wildman–Crippen MR) is 344 cm³/mol. The molecular weight excluding hydrogens is 1270 g/mol. The number of nitrogens with two attached hydrogens (primary N) is 2. The van der Waals surface area contributed by atoms with Gasteiger partial charge >= 0.3 is 0 Å². The highest BCUT2D eigenvalue weighted by atomic mass is 35.5. The topological polar surface area (TPSA) is 433 Å². The summed E-state index contributed by atoms with van der Waals surface area (Å²) in [6.07, 6.45) is -11.1. The minimum Gasteiger partial charge on any atom is -0.504 e. The van der Waals surface area contributed by atoms with Crippen LogP contribution in [0.25, 0.3) is 32.3 Å². The average molecular weight is 1360 g/mol. The van der Waals surface area contributed by atoms with Crippen molar-refractivity contribution < 1.29 is 83.5 Å². The molecule has 31 heteroatoms. The van der Waals surface area contributed by atoms with Crippen LogP contribution in [0.2, 0.25) is 0 Å². The Morgan fingerprint density at radius 3 is 1.91 bits per heavy atom. The third-order valence-corrected chi connectivity index (χ3v) is 17.0. The highest BCUT2D eigenvalue weighted by Crippen LogP contribution is 2.33. The Bertz CT molecular complexity index is 3340. The Balaban J connectivity index is 0.00000686. The minimum absolute atomic E-state index is 0. The van der Waals surface area contributed by atoms with Crippen molar-refractivity contribution in [2.45, 2.75) is 119 Å². The lowest BCUT2D eigenvalue weighted by molar-refractivity contribution is -0.147. The van der Waals surface area contributed by atoms with Crippen molar-refractivity contribution >= 4 is 77.5 Å². The second kappa shape index (κ2) is 34.5. The third-order valence-electron chi connectivity index (χ3n) is 16.0. The maximum atomic E-state index is 14.7. The van der Waals surface area contributed by atoms with E-state index in [1.165, 1.54) is 48.6 Å². The highest BCUT2D eigenvalue weighted by Gasteiger charge is 2.50. The van der Waals surface area contributed by atoms with Gasteiger partial charge in [-0.2, -0.15) is 0 Å². The number of phenolic OH excluding ortho intramolecular Hbond substituents is 1. The number of carbonyl (C=O) groups excluding carboxylic acids is 7. The number of amides is 7. The molecule has 3 fully saturated rings. The molecule has 0 saturated carbocycles. The summed E-state index contributed by atoms with van der Waals surface area (Å²) in [5.74, 6) is -7.94. The lowest BCUT2D eigenvalue weighted by Crippen LogP contribution is -2.64. The predicted octanol–water partition coefficient (Wildman–Crippen LogP) is -0.862. The van der Waals surface area contributed by atoms with E-state index in [1.54, 1.807) is 19.2 Å². The van der Waals surface area contributed by atoms with Gasteiger partial charge in [0.2, 0.25) is 35.4 Å². The third kappa shape index (κ3) is 18.8. The monoisotopic (exact) mass is 1350 g/mol. The quantitative estimate of drug-likeness (QED) is 0.0422. The molecule has 1 aromatic heterocycles. The van der Waals surface area contributed by atoms with Crippen molar-refractivity contribution in [3.8, 4) is 49.5 Å². The number of aromatic hydroxyl groups is 1. The van der Waals surface area contributed by atoms with Gasteiger partial charge in [-0.1, -0.05) is 72.9 Å². The number of phenols is 1. The molecule has 0 aliphatic carbocycles. The van der Waals surface area contributed by atoms with Crippen LogP contribution in [-0.2, 0) is 39.9 Å². The summed E-state index contributed by atoms with van der Waals surface area (Å²) in [6.45, 7) is 2.19. The number of aliphatic hydroxyl groups is 6. The molecule has 4 aromatic carbocycles. The fourth-order valence-corrected chi connectivity index (χ4v) is 11.8. The molecule has 8 rings (SSSR count). The fourth-order valence-electron chi connectivity index (χ4n) is 11.0. The number of carbonyl (C=O) groups is 7. The van der Waals surface area contributed by atoms with Gasteiger partial charge in [0.05, 0.1) is 43.2 Å². The van der Waals surface area contributed by atoms with E-state index in [4.69, 9.17) is 25.7 Å². The number of hydrogen-bond donors (Lipinski definition) is 14. The molecule has 7 amide bonds. The van der Waals surface area contributed by atoms with Gasteiger partial charge in [0.1, 0.15) is 58.6 Å². The van der Waals surface area contributed by atoms with Gasteiger partial charge in [-0.25, -0.2) is 0 Å². The molecule has 3 aliphatic heterocycles. The maximum absolute atomic E-state index is 14.7. The number of nitrogens with one attached hydrogen (secondary N) is 5. The minimum atomic E-state index is -2.05. The highest BCUT2D eigenvalue weighted by molar-refractivity contribution is 7.17. The summed E-state index contributed by atoms with van der Waals surface area (Å²) < 4.78 is 16.4. The molecule has 13 atom stereocenters. The van der Waals surface area contributed by atoms with E-state index in [1.807, 2.05) is 48.5 Å². The van der Waals surface area contributed by atoms with Crippen LogP contribution in [0.3, 0.4) is 0 Å². The summed E-state index contributed by atoms with van der Waals surface area (Å²) in [4.78, 5) is 103. The largest absolute Gasteiger partial charge is 0.504 e. The van der Waals surface area contributed by atoms with Crippen LogP contribution in [-0.4, -0.2) is 230 Å². The molecule has 0 bridgehead atoms. The Morgan fingerprint density at radius 1 is 0.688 bits per heavy atom. The van der Waals surface area contributed by atoms with Crippen LogP contribution in [0.1, 0.15) is 55.5 Å². The number of aliphatic hydroxyl groups excluding tert-OH is 6. The second-order valence-electron chi connectivity index (χ2n) is 22.8. The summed E-state index contributed by atoms with van der Waals surface area (Å²) >= 11 is 1.31. The molecule has 506 valence electrons. The van der Waals surface area contributed by atoms with Crippen LogP contribution < -0.4 is 47.5 Å². The number of ether oxygens (including phenoxy) is 3. The van der Waals surface area contributed by atoms with Crippen molar-refractivity contribution in [3.63, 3.8) is 0 Å². The molecule has 5 aromatic rings. The molecule has 0 radical (unpaired) electrons. The van der Waals surface area contributed by atoms with Gasteiger partial charge in [0.25, 0.3) is 5.91 Å². The smallest absolute Gasteiger partial charge is 0.251 e. The fraction of sp³-hybridized carbons (Fsp3) is 0.468. The number of nitrogens with zero attached hydrogens (tertiary/aromatic N) is 4. The van der Waals surface area contributed by atoms with E-state index in [9.17, 15) is 69.3 Å². The van der Waals surface area contributed by atoms with Gasteiger partial charge in [-0.3, -0.25) is 33.6 Å². The summed E-state index contributed by atoms with van der Waals surface area (Å²) in [7, 11) is 1.64. The Hall–Kier alpha value is -7.65. The van der Waals surface area contributed by atoms with Gasteiger partial charge in [0, 0.05) is 88.2 Å². The molecule has 93 heavy (non-hydrogen) atoms. The first-order valence-electron chi connectivity index (χ1n) is 29.9. The van der Waals surface area contributed by atoms with Gasteiger partial charge in [-0.05, 0) is 73.0 Å².